The van der Waals surface area contributed by atoms with Gasteiger partial charge in [0.15, 0.2) is 0 Å². The summed E-state index contributed by atoms with van der Waals surface area (Å²) >= 11 is 1.14. The summed E-state index contributed by atoms with van der Waals surface area (Å²) in [5.41, 5.74) is 6.88. The van der Waals surface area contributed by atoms with E-state index >= 15 is 0 Å². The molecule has 1 unspecified atom stereocenters. The maximum Gasteiger partial charge on any atom is 0.270 e. The van der Waals surface area contributed by atoms with Gasteiger partial charge in [-0.3, -0.25) is 9.59 Å². The Morgan fingerprint density at radius 3 is 2.73 bits per heavy atom. The fourth-order valence-electron chi connectivity index (χ4n) is 3.13. The summed E-state index contributed by atoms with van der Waals surface area (Å²) in [5.74, 6) is -1.18. The molecule has 0 saturated heterocycles. The molecule has 8 nitrogen and oxygen atoms in total. The summed E-state index contributed by atoms with van der Waals surface area (Å²) in [4.78, 5) is 29.0. The number of amides is 2. The van der Waals surface area contributed by atoms with Crippen LogP contribution in [0.1, 0.15) is 33.3 Å². The van der Waals surface area contributed by atoms with Gasteiger partial charge in [-0.1, -0.05) is 18.2 Å². The summed E-state index contributed by atoms with van der Waals surface area (Å²) in [6.45, 7) is 2.35. The van der Waals surface area contributed by atoms with E-state index in [1.54, 1.807) is 37.3 Å². The number of methoxy groups -OCH3 is 1. The smallest absolute Gasteiger partial charge is 0.270 e. The number of rotatable bonds is 10. The molecule has 0 spiro atoms. The van der Waals surface area contributed by atoms with Gasteiger partial charge in [0.25, 0.3) is 11.8 Å². The van der Waals surface area contributed by atoms with Crippen molar-refractivity contribution in [2.75, 3.05) is 25.6 Å². The zero-order valence-electron chi connectivity index (χ0n) is 18.2. The van der Waals surface area contributed by atoms with Crippen LogP contribution >= 0.6 is 11.3 Å². The molecule has 2 aromatic heterocycles. The number of primary amides is 1. The first-order valence-corrected chi connectivity index (χ1v) is 11.0. The number of hydrogen-bond donors (Lipinski definition) is 4. The predicted octanol–water partition coefficient (Wildman–Crippen LogP) is 3.09. The predicted molar refractivity (Wildman–Crippen MR) is 125 cm³/mol. The molecule has 0 aliphatic carbocycles. The molecule has 0 bridgehead atoms. The first kappa shape index (κ1) is 24.3. The van der Waals surface area contributed by atoms with Crippen LogP contribution in [0.15, 0.2) is 42.5 Å². The standard InChI is InChI=1S/C23H25FN4O4S/c1-13(29)10-14-6-7-15(17(24)11-14)19-12-16(21(25)30)23(33-19)28-20-5-3-4-18(27-20)22(31)26-8-9-32-2/h3-7,11-13,29H,8-10H2,1-2H3,(H2,25,30)(H,26,31)(H,27,28). The van der Waals surface area contributed by atoms with Crippen LogP contribution in [-0.2, 0) is 11.2 Å². The third kappa shape index (κ3) is 6.35. The van der Waals surface area contributed by atoms with Gasteiger partial charge in [-0.15, -0.1) is 11.3 Å². The summed E-state index contributed by atoms with van der Waals surface area (Å²) in [7, 11) is 1.54. The molecule has 0 saturated carbocycles. The quantitative estimate of drug-likeness (QED) is 0.336. The van der Waals surface area contributed by atoms with E-state index in [1.807, 2.05) is 0 Å². The molecule has 10 heteroatoms. The molecule has 33 heavy (non-hydrogen) atoms. The fourth-order valence-corrected chi connectivity index (χ4v) is 4.23. The number of nitrogens with zero attached hydrogens (tertiary/aromatic N) is 1. The van der Waals surface area contributed by atoms with Crippen LogP contribution < -0.4 is 16.4 Å². The first-order chi connectivity index (χ1) is 15.8. The number of anilines is 2. The van der Waals surface area contributed by atoms with Crippen LogP contribution in [0, 0.1) is 5.82 Å². The monoisotopic (exact) mass is 472 g/mol. The van der Waals surface area contributed by atoms with Crippen LogP contribution in [0.4, 0.5) is 15.2 Å². The minimum atomic E-state index is -0.681. The number of carbonyl (C=O) groups excluding carboxylic acids is 2. The van der Waals surface area contributed by atoms with Crippen molar-refractivity contribution in [2.24, 2.45) is 5.73 Å². The van der Waals surface area contributed by atoms with Crippen LogP contribution in [0.2, 0.25) is 0 Å². The van der Waals surface area contributed by atoms with Gasteiger partial charge < -0.3 is 26.2 Å². The Kier molecular flexibility index (Phi) is 8.10. The van der Waals surface area contributed by atoms with Gasteiger partial charge in [-0.05, 0) is 43.2 Å². The third-order valence-corrected chi connectivity index (χ3v) is 5.73. The number of pyridine rings is 1. The Morgan fingerprint density at radius 1 is 1.27 bits per heavy atom. The zero-order chi connectivity index (χ0) is 24.0. The van der Waals surface area contributed by atoms with Crippen molar-refractivity contribution in [3.05, 3.63) is 65.1 Å². The topological polar surface area (TPSA) is 127 Å². The second kappa shape index (κ2) is 11.0. The van der Waals surface area contributed by atoms with Crippen molar-refractivity contribution in [1.82, 2.24) is 10.3 Å². The fraction of sp³-hybridized carbons (Fsp3) is 0.261. The first-order valence-electron chi connectivity index (χ1n) is 10.2. The second-order valence-electron chi connectivity index (χ2n) is 7.37. The Labute approximate surface area is 194 Å². The van der Waals surface area contributed by atoms with Gasteiger partial charge in [0.2, 0.25) is 0 Å². The molecule has 2 amide bonds. The highest BCUT2D eigenvalue weighted by atomic mass is 32.1. The number of nitrogens with two attached hydrogens (primary N) is 1. The molecule has 1 aromatic carbocycles. The summed E-state index contributed by atoms with van der Waals surface area (Å²) in [6, 6.07) is 11.1. The van der Waals surface area contributed by atoms with Crippen LogP contribution in [0.25, 0.3) is 10.4 Å². The normalized spacial score (nSPS) is 11.8. The lowest BCUT2D eigenvalue weighted by atomic mass is 10.0. The van der Waals surface area contributed by atoms with Crippen LogP contribution in [0.3, 0.4) is 0 Å². The molecule has 174 valence electrons. The number of aliphatic hydroxyl groups excluding tert-OH is 1. The molecule has 5 N–H and O–H groups in total. The number of nitrogens with one attached hydrogen (secondary N) is 2. The van der Waals surface area contributed by atoms with E-state index in [1.165, 1.54) is 19.2 Å². The zero-order valence-corrected chi connectivity index (χ0v) is 19.0. The van der Waals surface area contributed by atoms with Crippen molar-refractivity contribution in [3.8, 4) is 10.4 Å². The van der Waals surface area contributed by atoms with Gasteiger partial charge in [-0.25, -0.2) is 9.37 Å². The maximum atomic E-state index is 14.7. The number of ether oxygens (including phenoxy) is 1. The van der Waals surface area contributed by atoms with Gasteiger partial charge in [0.1, 0.15) is 22.3 Å². The van der Waals surface area contributed by atoms with Crippen LogP contribution in [-0.4, -0.2) is 48.3 Å². The lowest BCUT2D eigenvalue weighted by Crippen LogP contribution is -2.27. The lowest BCUT2D eigenvalue weighted by molar-refractivity contribution is 0.0931. The molecule has 0 fully saturated rings. The summed E-state index contributed by atoms with van der Waals surface area (Å²) in [5, 5.41) is 15.6. The molecule has 0 radical (unpaired) electrons. The van der Waals surface area contributed by atoms with Gasteiger partial charge in [0, 0.05) is 24.1 Å². The van der Waals surface area contributed by atoms with E-state index in [-0.39, 0.29) is 17.2 Å². The van der Waals surface area contributed by atoms with E-state index < -0.39 is 17.8 Å². The largest absolute Gasteiger partial charge is 0.393 e. The molecular formula is C23H25FN4O4S. The molecule has 3 aromatic rings. The Morgan fingerprint density at radius 2 is 2.06 bits per heavy atom. The van der Waals surface area contributed by atoms with Crippen molar-refractivity contribution < 1.29 is 23.8 Å². The number of benzene rings is 1. The highest BCUT2D eigenvalue weighted by Gasteiger charge is 2.18. The highest BCUT2D eigenvalue weighted by Crippen LogP contribution is 2.38. The van der Waals surface area contributed by atoms with Crippen molar-refractivity contribution in [2.45, 2.75) is 19.4 Å². The van der Waals surface area contributed by atoms with Crippen molar-refractivity contribution in [1.29, 1.82) is 0 Å². The lowest BCUT2D eigenvalue weighted by Gasteiger charge is -2.08. The molecule has 3 rings (SSSR count). The second-order valence-corrected chi connectivity index (χ2v) is 8.42. The molecule has 1 atom stereocenters. The Hall–Kier alpha value is -3.34. The van der Waals surface area contributed by atoms with Gasteiger partial charge in [-0.2, -0.15) is 0 Å². The minimum absolute atomic E-state index is 0.180. The minimum Gasteiger partial charge on any atom is -0.393 e. The number of aromatic nitrogens is 1. The van der Waals surface area contributed by atoms with Gasteiger partial charge >= 0.3 is 0 Å². The van der Waals surface area contributed by atoms with E-state index in [9.17, 15) is 19.1 Å². The third-order valence-electron chi connectivity index (χ3n) is 4.64. The number of thiophene rings is 1. The number of aliphatic hydroxyl groups is 1. The van der Waals surface area contributed by atoms with E-state index in [0.29, 0.717) is 46.4 Å². The highest BCUT2D eigenvalue weighted by molar-refractivity contribution is 7.19. The summed E-state index contributed by atoms with van der Waals surface area (Å²) < 4.78 is 19.7. The average Bonchev–Trinajstić information content (AvgIpc) is 3.17. The molecule has 2 heterocycles. The van der Waals surface area contributed by atoms with Crippen molar-refractivity contribution in [3.63, 3.8) is 0 Å². The molecule has 0 aliphatic heterocycles. The molecular weight excluding hydrogens is 447 g/mol. The summed E-state index contributed by atoms with van der Waals surface area (Å²) in [6.07, 6.45) is -0.248. The number of halogens is 1. The Balaban J connectivity index is 1.86. The van der Waals surface area contributed by atoms with E-state index in [0.717, 1.165) is 11.3 Å². The van der Waals surface area contributed by atoms with Gasteiger partial charge in [0.05, 0.1) is 18.3 Å². The Bertz CT molecular complexity index is 1150. The molecule has 0 aliphatic rings. The van der Waals surface area contributed by atoms with E-state index in [2.05, 4.69) is 15.6 Å². The van der Waals surface area contributed by atoms with E-state index in [4.69, 9.17) is 10.5 Å². The van der Waals surface area contributed by atoms with Crippen LogP contribution in [0.5, 0.6) is 0 Å². The average molecular weight is 473 g/mol. The van der Waals surface area contributed by atoms with Crippen molar-refractivity contribution >= 4 is 34.0 Å². The maximum absolute atomic E-state index is 14.7. The number of hydrogen-bond acceptors (Lipinski definition) is 7. The number of carbonyl (C=O) groups is 2. The SMILES string of the molecule is COCCNC(=O)c1cccc(Nc2sc(-c3ccc(CC(C)O)cc3F)cc2C(N)=O)n1.